The third kappa shape index (κ3) is 9.22. The Balaban J connectivity index is 0.000000416. The normalized spacial score (nSPS) is 18.5. The third-order valence-electron chi connectivity index (χ3n) is 5.67. The minimum absolute atomic E-state index is 0.0198. The molecule has 3 aliphatic heterocycles. The minimum atomic E-state index is -0.0198. The van der Waals surface area contributed by atoms with Crippen molar-refractivity contribution in [3.8, 4) is 17.2 Å². The van der Waals surface area contributed by atoms with Crippen molar-refractivity contribution in [3.63, 3.8) is 0 Å². The Hall–Kier alpha value is -2.03. The van der Waals surface area contributed by atoms with Gasteiger partial charge in [-0.05, 0) is 70.8 Å². The van der Waals surface area contributed by atoms with Gasteiger partial charge >= 0.3 is 0 Å². The van der Waals surface area contributed by atoms with E-state index in [-0.39, 0.29) is 12.6 Å². The number of nitrogens with zero attached hydrogens (tertiary/aromatic N) is 1. The number of unbranched alkanes of at least 4 members (excludes halogenated alkanes) is 1. The number of hydrogen-bond donors (Lipinski definition) is 1. The number of nitrogens with one attached hydrogen (secondary N) is 1. The Morgan fingerprint density at radius 3 is 2.53 bits per heavy atom. The number of rotatable bonds is 9. The first-order valence-electron chi connectivity index (χ1n) is 11.9. The molecule has 4 rings (SSSR count). The van der Waals surface area contributed by atoms with Crippen LogP contribution >= 0.6 is 0 Å². The van der Waals surface area contributed by atoms with E-state index in [1.807, 2.05) is 6.07 Å². The van der Waals surface area contributed by atoms with Crippen molar-refractivity contribution in [1.82, 2.24) is 10.2 Å². The van der Waals surface area contributed by atoms with E-state index in [0.29, 0.717) is 43.8 Å². The van der Waals surface area contributed by atoms with E-state index < -0.39 is 0 Å². The molecule has 0 bridgehead atoms. The summed E-state index contributed by atoms with van der Waals surface area (Å²) in [7, 11) is 2.17. The van der Waals surface area contributed by atoms with Gasteiger partial charge in [0.2, 0.25) is 5.91 Å². The molecule has 180 valence electrons. The third-order valence-corrected chi connectivity index (χ3v) is 5.67. The molecule has 0 unspecified atom stereocenters. The molecule has 0 atom stereocenters. The Morgan fingerprint density at radius 2 is 1.81 bits per heavy atom. The average molecular weight is 451 g/mol. The van der Waals surface area contributed by atoms with Gasteiger partial charge in [0.15, 0.2) is 18.2 Å². The zero-order chi connectivity index (χ0) is 22.4. The molecule has 32 heavy (non-hydrogen) atoms. The second-order valence-electron chi connectivity index (χ2n) is 8.34. The molecule has 1 amide bonds. The summed E-state index contributed by atoms with van der Waals surface area (Å²) >= 11 is 0. The summed E-state index contributed by atoms with van der Waals surface area (Å²) in [4.78, 5) is 14.2. The van der Waals surface area contributed by atoms with E-state index in [9.17, 15) is 4.79 Å². The predicted octanol–water partition coefficient (Wildman–Crippen LogP) is 2.99. The summed E-state index contributed by atoms with van der Waals surface area (Å²) in [5.74, 6) is 2.01. The van der Waals surface area contributed by atoms with E-state index in [2.05, 4.69) is 17.3 Å². The van der Waals surface area contributed by atoms with Crippen molar-refractivity contribution in [1.29, 1.82) is 0 Å². The lowest BCUT2D eigenvalue weighted by Gasteiger charge is -2.22. The molecule has 8 heteroatoms. The molecule has 0 aromatic heterocycles. The molecular formula is C24H38N2O6. The minimum Gasteiger partial charge on any atom is -0.486 e. The van der Waals surface area contributed by atoms with Crippen LogP contribution in [0.25, 0.3) is 0 Å². The number of hydrogen-bond acceptors (Lipinski definition) is 7. The molecule has 8 nitrogen and oxygen atoms in total. The number of likely N-dealkylation sites (tertiary alicyclic amines) is 1. The lowest BCUT2D eigenvalue weighted by Crippen LogP contribution is -2.27. The van der Waals surface area contributed by atoms with Crippen molar-refractivity contribution in [2.45, 2.75) is 51.0 Å². The van der Waals surface area contributed by atoms with Crippen LogP contribution in [-0.2, 0) is 14.3 Å². The average Bonchev–Trinajstić information content (AvgIpc) is 3.31. The smallest absolute Gasteiger partial charge is 0.222 e. The van der Waals surface area contributed by atoms with E-state index in [1.165, 1.54) is 25.9 Å². The van der Waals surface area contributed by atoms with Crippen LogP contribution in [0.4, 0.5) is 0 Å². The second kappa shape index (κ2) is 14.2. The highest BCUT2D eigenvalue weighted by Gasteiger charge is 2.14. The van der Waals surface area contributed by atoms with E-state index in [1.54, 1.807) is 12.1 Å². The highest BCUT2D eigenvalue weighted by atomic mass is 16.6. The van der Waals surface area contributed by atoms with Gasteiger partial charge in [0.05, 0.1) is 6.10 Å². The number of carbonyl (C=O) groups is 1. The van der Waals surface area contributed by atoms with Crippen molar-refractivity contribution in [3.05, 3.63) is 18.2 Å². The Labute approximate surface area is 191 Å². The monoisotopic (exact) mass is 450 g/mol. The van der Waals surface area contributed by atoms with Crippen LogP contribution in [-0.4, -0.2) is 76.8 Å². The number of benzene rings is 1. The van der Waals surface area contributed by atoms with E-state index >= 15 is 0 Å². The quantitative estimate of drug-likeness (QED) is 0.458. The standard InChI is InChI=1S/C19H27NO6.C5H11N/c21-19(3-1-2-8-23-15-6-9-22-10-7-15)20-14-26-16-4-5-17-18(13-16)25-12-11-24-17;1-6-4-2-3-5-6/h4-5,13,15H,1-3,6-12,14H2,(H,20,21);2-5H2,1H3. The molecule has 0 radical (unpaired) electrons. The molecule has 3 heterocycles. The molecule has 1 aromatic rings. The molecule has 0 aliphatic carbocycles. The summed E-state index contributed by atoms with van der Waals surface area (Å²) in [6, 6.07) is 5.38. The highest BCUT2D eigenvalue weighted by molar-refractivity contribution is 5.75. The number of ether oxygens (including phenoxy) is 5. The molecule has 2 saturated heterocycles. The first kappa shape index (κ1) is 24.6. The number of amides is 1. The molecular weight excluding hydrogens is 412 g/mol. The van der Waals surface area contributed by atoms with Gasteiger partial charge in [-0.1, -0.05) is 0 Å². The molecule has 3 aliphatic rings. The van der Waals surface area contributed by atoms with Gasteiger partial charge in [0, 0.05) is 32.3 Å². The van der Waals surface area contributed by atoms with Gasteiger partial charge in [-0.25, -0.2) is 0 Å². The summed E-state index contributed by atoms with van der Waals surface area (Å²) in [5, 5.41) is 2.76. The fraction of sp³-hybridized carbons (Fsp3) is 0.708. The molecule has 0 saturated carbocycles. The largest absolute Gasteiger partial charge is 0.486 e. The van der Waals surface area contributed by atoms with Crippen molar-refractivity contribution in [2.75, 3.05) is 59.9 Å². The van der Waals surface area contributed by atoms with Crippen LogP contribution in [0, 0.1) is 0 Å². The summed E-state index contributed by atoms with van der Waals surface area (Å²) in [6.45, 7) is 6.14. The highest BCUT2D eigenvalue weighted by Crippen LogP contribution is 2.33. The Morgan fingerprint density at radius 1 is 1.06 bits per heavy atom. The van der Waals surface area contributed by atoms with Crippen molar-refractivity contribution in [2.24, 2.45) is 0 Å². The summed E-state index contributed by atoms with van der Waals surface area (Å²) in [5.41, 5.74) is 0. The maximum absolute atomic E-state index is 11.8. The first-order chi connectivity index (χ1) is 15.7. The van der Waals surface area contributed by atoms with Gasteiger partial charge in [-0.3, -0.25) is 4.79 Å². The van der Waals surface area contributed by atoms with Crippen LogP contribution < -0.4 is 19.5 Å². The lowest BCUT2D eigenvalue weighted by molar-refractivity contribution is -0.122. The van der Waals surface area contributed by atoms with E-state index in [4.69, 9.17) is 23.7 Å². The van der Waals surface area contributed by atoms with Gasteiger partial charge in [-0.2, -0.15) is 0 Å². The second-order valence-corrected chi connectivity index (χ2v) is 8.34. The Bertz CT molecular complexity index is 674. The SMILES string of the molecule is CN1CCCC1.O=C(CCCCOC1CCOCC1)NCOc1ccc2c(c1)OCCO2. The molecule has 2 fully saturated rings. The van der Waals surface area contributed by atoms with Gasteiger partial charge in [0.25, 0.3) is 0 Å². The van der Waals surface area contributed by atoms with Crippen molar-refractivity contribution < 1.29 is 28.5 Å². The van der Waals surface area contributed by atoms with Gasteiger partial charge < -0.3 is 33.9 Å². The van der Waals surface area contributed by atoms with Crippen molar-refractivity contribution >= 4 is 5.91 Å². The maximum Gasteiger partial charge on any atom is 0.222 e. The number of fused-ring (bicyclic) bond motifs is 1. The molecule has 1 N–H and O–H groups in total. The predicted molar refractivity (Wildman–Crippen MR) is 121 cm³/mol. The van der Waals surface area contributed by atoms with Gasteiger partial charge in [-0.15, -0.1) is 0 Å². The topological polar surface area (TPSA) is 78.5 Å². The lowest BCUT2D eigenvalue weighted by atomic mass is 10.1. The zero-order valence-corrected chi connectivity index (χ0v) is 19.3. The number of carbonyl (C=O) groups excluding carboxylic acids is 1. The van der Waals surface area contributed by atoms with Gasteiger partial charge in [0.1, 0.15) is 19.0 Å². The molecule has 0 spiro atoms. The molecule has 1 aromatic carbocycles. The summed E-state index contributed by atoms with van der Waals surface area (Å²) in [6.07, 6.45) is 7.24. The first-order valence-corrected chi connectivity index (χ1v) is 11.9. The van der Waals surface area contributed by atoms with E-state index in [0.717, 1.165) is 44.6 Å². The van der Waals surface area contributed by atoms with Crippen LogP contribution in [0.2, 0.25) is 0 Å². The van der Waals surface area contributed by atoms with Crippen LogP contribution in [0.3, 0.4) is 0 Å². The zero-order valence-electron chi connectivity index (χ0n) is 19.3. The van der Waals surface area contributed by atoms with Crippen LogP contribution in [0.15, 0.2) is 18.2 Å². The maximum atomic E-state index is 11.8. The Kier molecular flexibility index (Phi) is 10.9. The summed E-state index contributed by atoms with van der Waals surface area (Å²) < 4.78 is 27.6. The fourth-order valence-corrected chi connectivity index (χ4v) is 3.76. The fourth-order valence-electron chi connectivity index (χ4n) is 3.76. The van der Waals surface area contributed by atoms with Crippen LogP contribution in [0.1, 0.15) is 44.9 Å². The van der Waals surface area contributed by atoms with Crippen LogP contribution in [0.5, 0.6) is 17.2 Å².